The molecule has 8 nitrogen and oxygen atoms in total. The third-order valence-corrected chi connectivity index (χ3v) is 2.90. The first-order valence-corrected chi connectivity index (χ1v) is 6.67. The summed E-state index contributed by atoms with van der Waals surface area (Å²) in [4.78, 5) is 39.2. The molecule has 22 heavy (non-hydrogen) atoms. The normalized spacial score (nSPS) is 10.3. The van der Waals surface area contributed by atoms with Gasteiger partial charge in [-0.1, -0.05) is 0 Å². The largest absolute Gasteiger partial charge is 0.476 e. The smallest absolute Gasteiger partial charge is 0.331 e. The van der Waals surface area contributed by atoms with Gasteiger partial charge in [-0.05, 0) is 19.1 Å². The number of nitrogens with one attached hydrogen (secondary N) is 1. The van der Waals surface area contributed by atoms with Crippen molar-refractivity contribution in [1.29, 1.82) is 0 Å². The molecule has 2 aromatic rings. The summed E-state index contributed by atoms with van der Waals surface area (Å²) in [5.74, 6) is -0.110. The Labute approximate surface area is 126 Å². The molecule has 0 aromatic carbocycles. The molecular weight excluding hydrogens is 288 g/mol. The van der Waals surface area contributed by atoms with Crippen molar-refractivity contribution in [3.63, 3.8) is 0 Å². The lowest BCUT2D eigenvalue weighted by molar-refractivity contribution is -0.116. The van der Waals surface area contributed by atoms with Crippen LogP contribution in [-0.2, 0) is 18.4 Å². The minimum Gasteiger partial charge on any atom is -0.476 e. The molecule has 0 saturated heterocycles. The van der Waals surface area contributed by atoms with Crippen LogP contribution in [0, 0.1) is 0 Å². The quantitative estimate of drug-likeness (QED) is 0.837. The Hall–Kier alpha value is -2.90. The molecule has 0 bridgehead atoms. The highest BCUT2D eigenvalue weighted by Crippen LogP contribution is 2.20. The number of amides is 1. The molecule has 0 aliphatic carbocycles. The lowest BCUT2D eigenvalue weighted by atomic mass is 10.4. The Bertz CT molecular complexity index is 794. The van der Waals surface area contributed by atoms with E-state index in [1.807, 2.05) is 6.92 Å². The molecule has 0 unspecified atom stereocenters. The molecule has 1 amide bonds. The van der Waals surface area contributed by atoms with Gasteiger partial charge in [-0.2, -0.15) is 0 Å². The maximum absolute atomic E-state index is 12.0. The zero-order valence-corrected chi connectivity index (χ0v) is 12.3. The standard InChI is InChI=1S/C14H16N4O4/c1-3-22-13-10(5-4-7-15-13)16-11(19)9-18-8-6-12(20)17(2)14(18)21/h4-8H,3,9H2,1-2H3,(H,16,19). The molecule has 0 aliphatic rings. The van der Waals surface area contributed by atoms with E-state index in [9.17, 15) is 14.4 Å². The predicted octanol–water partition coefficient (Wildman–Crippen LogP) is -0.0206. The Balaban J connectivity index is 2.16. The van der Waals surface area contributed by atoms with E-state index >= 15 is 0 Å². The first kappa shape index (κ1) is 15.5. The molecule has 0 fully saturated rings. The average molecular weight is 304 g/mol. The van der Waals surface area contributed by atoms with Crippen LogP contribution in [0.25, 0.3) is 0 Å². The number of ether oxygens (including phenoxy) is 1. The zero-order valence-electron chi connectivity index (χ0n) is 12.3. The van der Waals surface area contributed by atoms with Crippen molar-refractivity contribution in [1.82, 2.24) is 14.1 Å². The van der Waals surface area contributed by atoms with E-state index in [1.54, 1.807) is 18.3 Å². The zero-order chi connectivity index (χ0) is 16.1. The maximum Gasteiger partial charge on any atom is 0.331 e. The Morgan fingerprint density at radius 2 is 2.14 bits per heavy atom. The molecule has 0 atom stereocenters. The Morgan fingerprint density at radius 3 is 2.86 bits per heavy atom. The summed E-state index contributed by atoms with van der Waals surface area (Å²) in [6, 6.07) is 4.54. The van der Waals surface area contributed by atoms with E-state index in [4.69, 9.17) is 4.74 Å². The van der Waals surface area contributed by atoms with Gasteiger partial charge in [0, 0.05) is 25.5 Å². The van der Waals surface area contributed by atoms with Crippen molar-refractivity contribution in [3.05, 3.63) is 51.4 Å². The van der Waals surface area contributed by atoms with Gasteiger partial charge in [0.25, 0.3) is 5.56 Å². The van der Waals surface area contributed by atoms with Crippen LogP contribution in [0.3, 0.4) is 0 Å². The van der Waals surface area contributed by atoms with Gasteiger partial charge >= 0.3 is 5.69 Å². The van der Waals surface area contributed by atoms with E-state index < -0.39 is 17.2 Å². The van der Waals surface area contributed by atoms with Crippen LogP contribution < -0.4 is 21.3 Å². The first-order chi connectivity index (χ1) is 10.5. The molecular formula is C14H16N4O4. The van der Waals surface area contributed by atoms with E-state index in [1.165, 1.54) is 19.3 Å². The van der Waals surface area contributed by atoms with E-state index in [0.717, 1.165) is 9.13 Å². The molecule has 2 aromatic heterocycles. The molecule has 116 valence electrons. The van der Waals surface area contributed by atoms with Gasteiger partial charge in [-0.25, -0.2) is 9.78 Å². The van der Waals surface area contributed by atoms with Crippen LogP contribution in [0.4, 0.5) is 5.69 Å². The second-order valence-electron chi connectivity index (χ2n) is 4.46. The second-order valence-corrected chi connectivity index (χ2v) is 4.46. The van der Waals surface area contributed by atoms with E-state index in [2.05, 4.69) is 10.3 Å². The highest BCUT2D eigenvalue weighted by atomic mass is 16.5. The molecule has 1 N–H and O–H groups in total. The van der Waals surface area contributed by atoms with Crippen LogP contribution >= 0.6 is 0 Å². The lowest BCUT2D eigenvalue weighted by Gasteiger charge is -2.11. The predicted molar refractivity (Wildman–Crippen MR) is 80.0 cm³/mol. The van der Waals surface area contributed by atoms with Crippen LogP contribution in [0.2, 0.25) is 0 Å². The number of rotatable bonds is 5. The number of carbonyl (C=O) groups excluding carboxylic acids is 1. The maximum atomic E-state index is 12.0. The minimum absolute atomic E-state index is 0.215. The van der Waals surface area contributed by atoms with Crippen LogP contribution in [-0.4, -0.2) is 26.6 Å². The SMILES string of the molecule is CCOc1ncccc1NC(=O)Cn1ccc(=O)n(C)c1=O. The molecule has 0 spiro atoms. The average Bonchev–Trinajstić information content (AvgIpc) is 2.50. The molecule has 2 rings (SSSR count). The highest BCUT2D eigenvalue weighted by Gasteiger charge is 2.10. The number of pyridine rings is 1. The molecule has 0 saturated carbocycles. The third kappa shape index (κ3) is 3.40. The number of hydrogen-bond donors (Lipinski definition) is 1. The van der Waals surface area contributed by atoms with Gasteiger partial charge in [0.15, 0.2) is 0 Å². The summed E-state index contributed by atoms with van der Waals surface area (Å²) in [5.41, 5.74) is -0.557. The van der Waals surface area contributed by atoms with Crippen molar-refractivity contribution in [3.8, 4) is 5.88 Å². The van der Waals surface area contributed by atoms with E-state index in [-0.39, 0.29) is 6.54 Å². The summed E-state index contributed by atoms with van der Waals surface area (Å²) >= 11 is 0. The molecule has 0 radical (unpaired) electrons. The van der Waals surface area contributed by atoms with Crippen molar-refractivity contribution < 1.29 is 9.53 Å². The third-order valence-electron chi connectivity index (χ3n) is 2.90. The van der Waals surface area contributed by atoms with Crippen molar-refractivity contribution in [2.45, 2.75) is 13.5 Å². The van der Waals surface area contributed by atoms with Gasteiger partial charge in [-0.15, -0.1) is 0 Å². The fraction of sp³-hybridized carbons (Fsp3) is 0.286. The first-order valence-electron chi connectivity index (χ1n) is 6.67. The Kier molecular flexibility index (Phi) is 4.72. The fourth-order valence-corrected chi connectivity index (χ4v) is 1.82. The van der Waals surface area contributed by atoms with Gasteiger partial charge in [0.1, 0.15) is 12.2 Å². The number of carbonyl (C=O) groups is 1. The number of nitrogens with zero attached hydrogens (tertiary/aromatic N) is 3. The van der Waals surface area contributed by atoms with Crippen molar-refractivity contribution in [2.24, 2.45) is 7.05 Å². The monoisotopic (exact) mass is 304 g/mol. The van der Waals surface area contributed by atoms with Gasteiger partial charge in [0.05, 0.1) is 6.61 Å². The molecule has 2 heterocycles. The summed E-state index contributed by atoms with van der Waals surface area (Å²) in [6.45, 7) is 2.01. The van der Waals surface area contributed by atoms with Crippen molar-refractivity contribution >= 4 is 11.6 Å². The second kappa shape index (κ2) is 6.70. The number of hydrogen-bond acceptors (Lipinski definition) is 5. The van der Waals surface area contributed by atoms with Gasteiger partial charge in [-0.3, -0.25) is 18.7 Å². The fourth-order valence-electron chi connectivity index (χ4n) is 1.82. The minimum atomic E-state index is -0.557. The van der Waals surface area contributed by atoms with Crippen LogP contribution in [0.1, 0.15) is 6.92 Å². The number of anilines is 1. The number of aromatic nitrogens is 3. The van der Waals surface area contributed by atoms with Gasteiger partial charge < -0.3 is 10.1 Å². The highest BCUT2D eigenvalue weighted by molar-refractivity contribution is 5.91. The Morgan fingerprint density at radius 1 is 1.36 bits per heavy atom. The summed E-state index contributed by atoms with van der Waals surface area (Å²) < 4.78 is 7.39. The summed E-state index contributed by atoms with van der Waals surface area (Å²) in [7, 11) is 1.35. The lowest BCUT2D eigenvalue weighted by Crippen LogP contribution is -2.39. The van der Waals surface area contributed by atoms with Gasteiger partial charge in [0.2, 0.25) is 11.8 Å². The van der Waals surface area contributed by atoms with Crippen molar-refractivity contribution in [2.75, 3.05) is 11.9 Å². The summed E-state index contributed by atoms with van der Waals surface area (Å²) in [5, 5.41) is 2.63. The molecule has 8 heteroatoms. The topological polar surface area (TPSA) is 95.2 Å². The summed E-state index contributed by atoms with van der Waals surface area (Å²) in [6.07, 6.45) is 2.84. The van der Waals surface area contributed by atoms with E-state index in [0.29, 0.717) is 18.2 Å². The van der Waals surface area contributed by atoms with Crippen LogP contribution in [0.5, 0.6) is 5.88 Å². The molecule has 0 aliphatic heterocycles. The van der Waals surface area contributed by atoms with Crippen LogP contribution in [0.15, 0.2) is 40.2 Å².